The van der Waals surface area contributed by atoms with Gasteiger partial charge in [0.1, 0.15) is 0 Å². The van der Waals surface area contributed by atoms with Gasteiger partial charge in [0, 0.05) is 13.1 Å². The van der Waals surface area contributed by atoms with Crippen LogP contribution in [0.25, 0.3) is 0 Å². The summed E-state index contributed by atoms with van der Waals surface area (Å²) in [5.74, 6) is 0.451. The smallest absolute Gasteiger partial charge is 0.207 e. The third-order valence-corrected chi connectivity index (χ3v) is 5.86. The minimum absolute atomic E-state index is 0.0436. The average Bonchev–Trinajstić information content (AvgIpc) is 2.38. The summed E-state index contributed by atoms with van der Waals surface area (Å²) in [5.41, 5.74) is 1.20. The molecular formula is C16H25NO2S. The van der Waals surface area contributed by atoms with E-state index in [1.807, 2.05) is 12.1 Å². The van der Waals surface area contributed by atoms with Crippen molar-refractivity contribution in [2.45, 2.75) is 50.8 Å². The van der Waals surface area contributed by atoms with Gasteiger partial charge >= 0.3 is 0 Å². The lowest BCUT2D eigenvalue weighted by Crippen LogP contribution is -2.39. The molecule has 0 saturated carbocycles. The van der Waals surface area contributed by atoms with Crippen LogP contribution in [0.3, 0.4) is 0 Å². The van der Waals surface area contributed by atoms with Crippen LogP contribution in [0.15, 0.2) is 29.2 Å². The maximum atomic E-state index is 12.6. The topological polar surface area (TPSA) is 37.4 Å². The number of benzene rings is 1. The minimum atomic E-state index is -3.32. The van der Waals surface area contributed by atoms with Crippen molar-refractivity contribution in [3.8, 4) is 0 Å². The first-order valence-electron chi connectivity index (χ1n) is 7.32. The van der Waals surface area contributed by atoms with E-state index in [2.05, 4.69) is 27.7 Å². The summed E-state index contributed by atoms with van der Waals surface area (Å²) in [6.07, 6.45) is 2.08. The van der Waals surface area contributed by atoms with Gasteiger partial charge in [-0.3, -0.25) is 0 Å². The highest BCUT2D eigenvalue weighted by Crippen LogP contribution is 2.26. The van der Waals surface area contributed by atoms with E-state index >= 15 is 0 Å². The third kappa shape index (κ3) is 3.23. The lowest BCUT2D eigenvalue weighted by atomic mass is 9.87. The van der Waals surface area contributed by atoms with Crippen LogP contribution in [0.4, 0.5) is 0 Å². The second kappa shape index (κ2) is 5.49. The van der Waals surface area contributed by atoms with Crippen LogP contribution in [0.2, 0.25) is 0 Å². The fourth-order valence-electron chi connectivity index (χ4n) is 2.64. The third-order valence-electron chi connectivity index (χ3n) is 3.98. The zero-order valence-corrected chi connectivity index (χ0v) is 13.7. The molecule has 1 aliphatic heterocycles. The summed E-state index contributed by atoms with van der Waals surface area (Å²) in [6.45, 7) is 9.79. The molecule has 20 heavy (non-hydrogen) atoms. The maximum Gasteiger partial charge on any atom is 0.243 e. The fourth-order valence-corrected chi connectivity index (χ4v) is 4.24. The maximum absolute atomic E-state index is 12.6. The summed E-state index contributed by atoms with van der Waals surface area (Å²) in [5, 5.41) is 0. The van der Waals surface area contributed by atoms with Crippen molar-refractivity contribution in [2.24, 2.45) is 5.92 Å². The first-order chi connectivity index (χ1) is 9.21. The van der Waals surface area contributed by atoms with E-state index in [0.717, 1.165) is 18.4 Å². The summed E-state index contributed by atoms with van der Waals surface area (Å²) >= 11 is 0. The van der Waals surface area contributed by atoms with Crippen LogP contribution in [0.1, 0.15) is 46.1 Å². The average molecular weight is 295 g/mol. The molecule has 1 aromatic rings. The summed E-state index contributed by atoms with van der Waals surface area (Å²) in [4.78, 5) is 0.416. The molecule has 1 aliphatic rings. The Kier molecular flexibility index (Phi) is 4.26. The first kappa shape index (κ1) is 15.5. The molecule has 0 N–H and O–H groups in total. The molecular weight excluding hydrogens is 270 g/mol. The van der Waals surface area contributed by atoms with E-state index in [0.29, 0.717) is 23.9 Å². The predicted molar refractivity (Wildman–Crippen MR) is 82.3 cm³/mol. The second-order valence-electron chi connectivity index (χ2n) is 6.88. The van der Waals surface area contributed by atoms with Crippen LogP contribution < -0.4 is 0 Å². The van der Waals surface area contributed by atoms with Gasteiger partial charge in [-0.15, -0.1) is 0 Å². The van der Waals surface area contributed by atoms with E-state index in [9.17, 15) is 8.42 Å². The lowest BCUT2D eigenvalue weighted by molar-refractivity contribution is 0.281. The van der Waals surface area contributed by atoms with E-state index in [-0.39, 0.29) is 5.41 Å². The van der Waals surface area contributed by atoms with Crippen molar-refractivity contribution in [1.82, 2.24) is 4.31 Å². The van der Waals surface area contributed by atoms with Crippen molar-refractivity contribution < 1.29 is 8.42 Å². The Bertz CT molecular complexity index is 555. The normalized spacial score (nSPS) is 21.9. The number of hydrogen-bond donors (Lipinski definition) is 0. The van der Waals surface area contributed by atoms with Crippen LogP contribution in [0.5, 0.6) is 0 Å². The van der Waals surface area contributed by atoms with Gasteiger partial charge in [0.15, 0.2) is 0 Å². The highest BCUT2D eigenvalue weighted by atomic mass is 32.2. The monoisotopic (exact) mass is 295 g/mol. The van der Waals surface area contributed by atoms with E-state index in [4.69, 9.17) is 0 Å². The summed E-state index contributed by atoms with van der Waals surface area (Å²) in [7, 11) is -3.32. The molecule has 0 aliphatic carbocycles. The highest BCUT2D eigenvalue weighted by molar-refractivity contribution is 7.89. The molecule has 1 fully saturated rings. The van der Waals surface area contributed by atoms with Gasteiger partial charge in [-0.25, -0.2) is 8.42 Å². The zero-order valence-electron chi connectivity index (χ0n) is 12.9. The largest absolute Gasteiger partial charge is 0.243 e. The number of hydrogen-bond acceptors (Lipinski definition) is 2. The number of rotatable bonds is 2. The number of sulfonamides is 1. The molecule has 0 spiro atoms. The Labute approximate surface area is 123 Å². The standard InChI is InChI=1S/C16H25NO2S/c1-13-6-5-11-17(12-13)20(18,19)15-9-7-14(8-10-15)16(2,3)4/h7-10,13H,5-6,11-12H2,1-4H3/t13-/m0/s1. The molecule has 0 amide bonds. The molecule has 0 aromatic heterocycles. The quantitative estimate of drug-likeness (QED) is 0.838. The van der Waals surface area contributed by atoms with Crippen molar-refractivity contribution in [3.05, 3.63) is 29.8 Å². The lowest BCUT2D eigenvalue weighted by Gasteiger charge is -2.30. The molecule has 4 heteroatoms. The minimum Gasteiger partial charge on any atom is -0.207 e. The molecule has 112 valence electrons. The molecule has 1 atom stereocenters. The number of nitrogens with zero attached hydrogens (tertiary/aromatic N) is 1. The van der Waals surface area contributed by atoms with Gasteiger partial charge < -0.3 is 0 Å². The van der Waals surface area contributed by atoms with Crippen LogP contribution in [-0.4, -0.2) is 25.8 Å². The van der Waals surface area contributed by atoms with Crippen molar-refractivity contribution in [2.75, 3.05) is 13.1 Å². The SMILES string of the molecule is C[C@H]1CCCN(S(=O)(=O)c2ccc(C(C)(C)C)cc2)C1. The van der Waals surface area contributed by atoms with Crippen molar-refractivity contribution in [3.63, 3.8) is 0 Å². The Balaban J connectivity index is 2.26. The molecule has 1 aromatic carbocycles. The Morgan fingerprint density at radius 3 is 2.25 bits per heavy atom. The predicted octanol–water partition coefficient (Wildman–Crippen LogP) is 3.40. The van der Waals surface area contributed by atoms with Crippen LogP contribution in [0, 0.1) is 5.92 Å². The van der Waals surface area contributed by atoms with Crippen molar-refractivity contribution in [1.29, 1.82) is 0 Å². The van der Waals surface area contributed by atoms with Gasteiger partial charge in [-0.05, 0) is 41.9 Å². The number of piperidine rings is 1. The molecule has 0 bridgehead atoms. The van der Waals surface area contributed by atoms with E-state index in [1.54, 1.807) is 16.4 Å². The Hall–Kier alpha value is -0.870. The van der Waals surface area contributed by atoms with Gasteiger partial charge in [-0.2, -0.15) is 4.31 Å². The molecule has 0 unspecified atom stereocenters. The molecule has 0 radical (unpaired) electrons. The molecule has 1 saturated heterocycles. The molecule has 2 rings (SSSR count). The zero-order chi connectivity index (χ0) is 15.0. The van der Waals surface area contributed by atoms with Crippen LogP contribution >= 0.6 is 0 Å². The van der Waals surface area contributed by atoms with E-state index in [1.165, 1.54) is 0 Å². The summed E-state index contributed by atoms with van der Waals surface area (Å²) in [6, 6.07) is 7.35. The van der Waals surface area contributed by atoms with Gasteiger partial charge in [0.25, 0.3) is 0 Å². The van der Waals surface area contributed by atoms with Gasteiger partial charge in [0.2, 0.25) is 10.0 Å². The van der Waals surface area contributed by atoms with Crippen molar-refractivity contribution >= 4 is 10.0 Å². The second-order valence-corrected chi connectivity index (χ2v) is 8.82. The molecule has 1 heterocycles. The summed E-state index contributed by atoms with van der Waals surface area (Å²) < 4.78 is 26.9. The van der Waals surface area contributed by atoms with Gasteiger partial charge in [-0.1, -0.05) is 39.8 Å². The first-order valence-corrected chi connectivity index (χ1v) is 8.76. The highest BCUT2D eigenvalue weighted by Gasteiger charge is 2.28. The molecule has 3 nitrogen and oxygen atoms in total. The Morgan fingerprint density at radius 2 is 1.75 bits per heavy atom. The van der Waals surface area contributed by atoms with Gasteiger partial charge in [0.05, 0.1) is 4.90 Å². The van der Waals surface area contributed by atoms with E-state index < -0.39 is 10.0 Å². The van der Waals surface area contributed by atoms with Crippen LogP contribution in [-0.2, 0) is 15.4 Å². The Morgan fingerprint density at radius 1 is 1.15 bits per heavy atom. The fraction of sp³-hybridized carbons (Fsp3) is 0.625.